The van der Waals surface area contributed by atoms with Crippen molar-refractivity contribution in [3.63, 3.8) is 0 Å². The Bertz CT molecular complexity index is 1160. The normalized spacial score (nSPS) is 12.9. The molecule has 2 aromatic carbocycles. The lowest BCUT2D eigenvalue weighted by Gasteiger charge is -2.32. The molecule has 0 saturated heterocycles. The van der Waals surface area contributed by atoms with E-state index in [1.165, 1.54) is 11.1 Å². The number of hydrogen-bond acceptors (Lipinski definition) is 6. The minimum absolute atomic E-state index is 0.127. The monoisotopic (exact) mass is 638 g/mol. The molecule has 0 aliphatic heterocycles. The molecule has 7 heteroatoms. The van der Waals surface area contributed by atoms with E-state index in [1.54, 1.807) is 41.5 Å². The van der Waals surface area contributed by atoms with Gasteiger partial charge in [-0.3, -0.25) is 4.90 Å². The summed E-state index contributed by atoms with van der Waals surface area (Å²) < 4.78 is 10.9. The van der Waals surface area contributed by atoms with Crippen LogP contribution in [0.15, 0.2) is 48.5 Å². The van der Waals surface area contributed by atoms with Crippen LogP contribution in [0.25, 0.3) is 0 Å². The molecule has 46 heavy (non-hydrogen) atoms. The number of benzene rings is 2. The summed E-state index contributed by atoms with van der Waals surface area (Å²) >= 11 is 0. The summed E-state index contributed by atoms with van der Waals surface area (Å²) in [6.07, 6.45) is 6.45. The van der Waals surface area contributed by atoms with Gasteiger partial charge in [0.25, 0.3) is 0 Å². The maximum atomic E-state index is 12.7. The first-order valence-electron chi connectivity index (χ1n) is 17.3. The molecule has 0 bridgehead atoms. The number of phenols is 1. The molecular weight excluding hydrogens is 576 g/mol. The van der Waals surface area contributed by atoms with Gasteiger partial charge in [-0.15, -0.1) is 0 Å². The van der Waals surface area contributed by atoms with Crippen molar-refractivity contribution in [1.29, 1.82) is 0 Å². The molecule has 0 fully saturated rings. The molecule has 7 nitrogen and oxygen atoms in total. The van der Waals surface area contributed by atoms with E-state index in [9.17, 15) is 14.7 Å². The molecule has 0 radical (unpaired) electrons. The van der Waals surface area contributed by atoms with Crippen LogP contribution in [-0.4, -0.2) is 63.5 Å². The summed E-state index contributed by atoms with van der Waals surface area (Å²) in [4.78, 5) is 29.0. The number of aromatic hydroxyl groups is 1. The zero-order valence-corrected chi connectivity index (χ0v) is 30.4. The molecule has 0 aliphatic carbocycles. The van der Waals surface area contributed by atoms with Crippen LogP contribution in [0.2, 0.25) is 0 Å². The lowest BCUT2D eigenvalue weighted by molar-refractivity contribution is 0.00117. The van der Waals surface area contributed by atoms with Crippen molar-refractivity contribution in [1.82, 2.24) is 9.80 Å². The molecule has 0 spiro atoms. The van der Waals surface area contributed by atoms with E-state index >= 15 is 0 Å². The van der Waals surface area contributed by atoms with Gasteiger partial charge in [-0.25, -0.2) is 14.5 Å². The summed E-state index contributed by atoms with van der Waals surface area (Å²) in [6.45, 7) is 20.9. The highest BCUT2D eigenvalue weighted by atomic mass is 16.6. The van der Waals surface area contributed by atoms with Gasteiger partial charge in [0, 0.05) is 30.1 Å². The standard InChI is InChI=1S/C39H62N2O5/c1-29(2)40(30(3)4)27-25-33(32-21-17-15-18-22-32)34-28-31(23-24-35(34)42)20-16-13-11-12-14-19-26-41(36(43)45-38(5,6)7)37(44)46-39(8,9)10/h15,17-18,21-24,28-30,33,42H,11-14,16,19-20,25-27H2,1-10H3/t33-/m1/s1. The first-order valence-corrected chi connectivity index (χ1v) is 17.3. The van der Waals surface area contributed by atoms with Crippen LogP contribution in [0.1, 0.15) is 137 Å². The molecular formula is C39H62N2O5. The van der Waals surface area contributed by atoms with Crippen molar-refractivity contribution in [2.45, 2.75) is 150 Å². The molecule has 0 aromatic heterocycles. The molecule has 0 saturated carbocycles. The molecule has 0 heterocycles. The second-order valence-electron chi connectivity index (χ2n) is 15.1. The largest absolute Gasteiger partial charge is 0.508 e. The van der Waals surface area contributed by atoms with Gasteiger partial charge in [0.05, 0.1) is 0 Å². The minimum Gasteiger partial charge on any atom is -0.508 e. The zero-order chi connectivity index (χ0) is 34.5. The van der Waals surface area contributed by atoms with Crippen molar-refractivity contribution in [3.8, 4) is 5.75 Å². The number of rotatable bonds is 16. The Hall–Kier alpha value is -3.06. The number of aryl methyl sites for hydroxylation is 1. The van der Waals surface area contributed by atoms with Gasteiger partial charge in [0.15, 0.2) is 0 Å². The quantitative estimate of drug-likeness (QED) is 0.184. The van der Waals surface area contributed by atoms with Gasteiger partial charge in [0.2, 0.25) is 0 Å². The second-order valence-corrected chi connectivity index (χ2v) is 15.1. The third-order valence-electron chi connectivity index (χ3n) is 8.00. The van der Waals surface area contributed by atoms with Crippen molar-refractivity contribution >= 4 is 12.2 Å². The molecule has 2 amide bonds. The van der Waals surface area contributed by atoms with Gasteiger partial charge < -0.3 is 14.6 Å². The summed E-state index contributed by atoms with van der Waals surface area (Å²) in [5.41, 5.74) is 2.11. The van der Waals surface area contributed by atoms with E-state index in [2.05, 4.69) is 69.0 Å². The number of carbonyl (C=O) groups excluding carboxylic acids is 2. The molecule has 258 valence electrons. The number of hydrogen-bond donors (Lipinski definition) is 1. The Kier molecular flexibility index (Phi) is 15.6. The smallest absolute Gasteiger partial charge is 0.419 e. The minimum atomic E-state index is -0.694. The Morgan fingerprint density at radius 3 is 1.76 bits per heavy atom. The fourth-order valence-electron chi connectivity index (χ4n) is 5.81. The summed E-state index contributed by atoms with van der Waals surface area (Å²) in [5.74, 6) is 0.493. The van der Waals surface area contributed by atoms with Gasteiger partial charge in [-0.05, 0) is 119 Å². The van der Waals surface area contributed by atoms with E-state index in [0.29, 0.717) is 24.3 Å². The first kappa shape index (κ1) is 39.1. The molecule has 1 atom stereocenters. The van der Waals surface area contributed by atoms with Crippen LogP contribution in [0.3, 0.4) is 0 Å². The highest BCUT2D eigenvalue weighted by Gasteiger charge is 2.30. The first-order chi connectivity index (χ1) is 21.5. The summed E-state index contributed by atoms with van der Waals surface area (Å²) in [7, 11) is 0. The predicted octanol–water partition coefficient (Wildman–Crippen LogP) is 10.1. The number of amides is 2. The zero-order valence-electron chi connectivity index (χ0n) is 30.4. The number of imide groups is 1. The fraction of sp³-hybridized carbons (Fsp3) is 0.641. The SMILES string of the molecule is CC(C)N(CC[C@H](c1ccccc1)c1cc(CCCCCCCCN(C(=O)OC(C)(C)C)C(=O)OC(C)(C)C)ccc1O)C(C)C. The Labute approximate surface area is 279 Å². The van der Waals surface area contributed by atoms with Gasteiger partial charge in [-0.2, -0.15) is 0 Å². The molecule has 2 aromatic rings. The number of phenolic OH excluding ortho intramolecular Hbond substituents is 1. The number of ether oxygens (including phenoxy) is 2. The molecule has 0 aliphatic rings. The van der Waals surface area contributed by atoms with E-state index in [1.807, 2.05) is 12.1 Å². The maximum absolute atomic E-state index is 12.7. The number of carbonyl (C=O) groups is 2. The highest BCUT2D eigenvalue weighted by molar-refractivity contribution is 5.88. The van der Waals surface area contributed by atoms with E-state index in [4.69, 9.17) is 9.47 Å². The molecule has 2 rings (SSSR count). The fourth-order valence-corrected chi connectivity index (χ4v) is 5.81. The average Bonchev–Trinajstić information content (AvgIpc) is 2.93. The van der Waals surface area contributed by atoms with Crippen molar-refractivity contribution in [2.75, 3.05) is 13.1 Å². The van der Waals surface area contributed by atoms with Crippen LogP contribution in [0.4, 0.5) is 9.59 Å². The molecule has 0 unspecified atom stereocenters. The predicted molar refractivity (Wildman–Crippen MR) is 189 cm³/mol. The third kappa shape index (κ3) is 14.1. The van der Waals surface area contributed by atoms with Gasteiger partial charge >= 0.3 is 12.2 Å². The number of nitrogens with zero attached hydrogens (tertiary/aromatic N) is 2. The van der Waals surface area contributed by atoms with Crippen LogP contribution < -0.4 is 0 Å². The summed E-state index contributed by atoms with van der Waals surface area (Å²) in [6, 6.07) is 17.6. The van der Waals surface area contributed by atoms with Gasteiger partial charge in [0.1, 0.15) is 17.0 Å². The Morgan fingerprint density at radius 2 is 1.24 bits per heavy atom. The topological polar surface area (TPSA) is 79.3 Å². The maximum Gasteiger partial charge on any atom is 0.419 e. The van der Waals surface area contributed by atoms with Crippen LogP contribution in [0, 0.1) is 0 Å². The Balaban J connectivity index is 1.92. The van der Waals surface area contributed by atoms with Gasteiger partial charge in [-0.1, -0.05) is 68.1 Å². The average molecular weight is 639 g/mol. The lowest BCUT2D eigenvalue weighted by atomic mass is 9.86. The summed E-state index contributed by atoms with van der Waals surface area (Å²) in [5, 5.41) is 11.0. The van der Waals surface area contributed by atoms with E-state index < -0.39 is 23.4 Å². The van der Waals surface area contributed by atoms with E-state index in [-0.39, 0.29) is 12.5 Å². The van der Waals surface area contributed by atoms with Crippen molar-refractivity contribution in [3.05, 3.63) is 65.2 Å². The van der Waals surface area contributed by atoms with Crippen molar-refractivity contribution in [2.24, 2.45) is 0 Å². The van der Waals surface area contributed by atoms with E-state index in [0.717, 1.165) is 62.0 Å². The number of unbranched alkanes of at least 4 members (excludes halogenated alkanes) is 5. The Morgan fingerprint density at radius 1 is 0.717 bits per heavy atom. The van der Waals surface area contributed by atoms with Crippen LogP contribution in [0.5, 0.6) is 5.75 Å². The third-order valence-corrected chi connectivity index (χ3v) is 8.00. The second kappa shape index (κ2) is 18.3. The van der Waals surface area contributed by atoms with Crippen LogP contribution >= 0.6 is 0 Å². The highest BCUT2D eigenvalue weighted by Crippen LogP contribution is 2.35. The lowest BCUT2D eigenvalue weighted by Crippen LogP contribution is -2.44. The van der Waals surface area contributed by atoms with Crippen molar-refractivity contribution < 1.29 is 24.2 Å². The molecule has 1 N–H and O–H groups in total. The van der Waals surface area contributed by atoms with Crippen LogP contribution in [-0.2, 0) is 15.9 Å².